The Hall–Kier alpha value is -3.36. The summed E-state index contributed by atoms with van der Waals surface area (Å²) in [6, 6.07) is 7.68. The van der Waals surface area contributed by atoms with Crippen LogP contribution in [-0.2, 0) is 19.1 Å². The van der Waals surface area contributed by atoms with Crippen molar-refractivity contribution in [2.75, 3.05) is 0 Å². The molecule has 0 fully saturated rings. The number of hydrogen-bond acceptors (Lipinski definition) is 6. The maximum Gasteiger partial charge on any atom is 0.236 e. The van der Waals surface area contributed by atoms with Crippen molar-refractivity contribution < 1.29 is 13.2 Å². The van der Waals surface area contributed by atoms with Crippen LogP contribution in [-0.4, -0.2) is 34.6 Å². The lowest BCUT2D eigenvalue weighted by Crippen LogP contribution is -2.17. The van der Waals surface area contributed by atoms with Crippen LogP contribution in [0.25, 0.3) is 17.0 Å². The predicted octanol–water partition coefficient (Wildman–Crippen LogP) is 2.94. The molecule has 0 radical (unpaired) electrons. The van der Waals surface area contributed by atoms with Crippen LogP contribution < -0.4 is 4.74 Å². The van der Waals surface area contributed by atoms with E-state index in [1.807, 2.05) is 0 Å². The van der Waals surface area contributed by atoms with Gasteiger partial charge in [-0.1, -0.05) is 32.8 Å². The Bertz CT molecular complexity index is 1250. The number of ether oxygens (including phenoxy) is 1. The molecular weight excluding hydrogens is 361 g/mol. The Kier molecular flexibility index (Phi) is 3.49. The summed E-state index contributed by atoms with van der Waals surface area (Å²) in [6.45, 7) is 0.828. The number of hydrogen-bond donors (Lipinski definition) is 0. The summed E-state index contributed by atoms with van der Waals surface area (Å²) >= 11 is 0. The molecule has 4 rings (SSSR count). The Balaban J connectivity index is 1.87. The molecule has 0 amide bonds. The second-order valence-electron chi connectivity index (χ2n) is 6.85. The SMILES string of the molecule is [2H]C([2H])([2H])C(C)(C)c1cc2nnc(-c3ccccc3F)n2nc1OCc1ncnn1C. The van der Waals surface area contributed by atoms with E-state index < -0.39 is 18.1 Å². The van der Waals surface area contributed by atoms with Crippen molar-refractivity contribution in [3.63, 3.8) is 0 Å². The average molecular weight is 384 g/mol. The highest BCUT2D eigenvalue weighted by Gasteiger charge is 2.24. The standard InChI is InChI=1S/C19H20FN7O/c1-19(2,3)13-9-15-23-24-17(12-7-5-6-8-14(12)20)27(15)25-18(13)28-10-16-21-11-22-26(16)4/h5-9,11H,10H2,1-4H3/i1D3. The van der Waals surface area contributed by atoms with E-state index in [1.54, 1.807) is 45.2 Å². The molecule has 0 saturated carbocycles. The molecule has 0 aliphatic heterocycles. The first-order valence-corrected chi connectivity index (χ1v) is 8.57. The first-order valence-electron chi connectivity index (χ1n) is 10.1. The molecule has 0 saturated heterocycles. The smallest absolute Gasteiger partial charge is 0.236 e. The fraction of sp³-hybridized carbons (Fsp3) is 0.316. The second-order valence-corrected chi connectivity index (χ2v) is 6.85. The van der Waals surface area contributed by atoms with E-state index in [1.165, 1.54) is 21.6 Å². The largest absolute Gasteiger partial charge is 0.468 e. The minimum atomic E-state index is -2.34. The molecular formula is C19H20FN7O. The van der Waals surface area contributed by atoms with Gasteiger partial charge in [0.15, 0.2) is 17.3 Å². The number of nitrogens with zero attached hydrogens (tertiary/aromatic N) is 7. The van der Waals surface area contributed by atoms with E-state index in [9.17, 15) is 4.39 Å². The van der Waals surface area contributed by atoms with Gasteiger partial charge in [-0.15, -0.1) is 15.3 Å². The summed E-state index contributed by atoms with van der Waals surface area (Å²) in [5.41, 5.74) is -0.489. The van der Waals surface area contributed by atoms with Gasteiger partial charge in [0.25, 0.3) is 0 Å². The highest BCUT2D eigenvalue weighted by Crippen LogP contribution is 2.32. The number of aromatic nitrogens is 7. The van der Waals surface area contributed by atoms with Crippen LogP contribution in [0.4, 0.5) is 4.39 Å². The molecule has 0 N–H and O–H groups in total. The maximum atomic E-state index is 14.4. The average Bonchev–Trinajstić information content (AvgIpc) is 3.30. The molecule has 4 aromatic rings. The van der Waals surface area contributed by atoms with Crippen molar-refractivity contribution >= 4 is 5.65 Å². The first-order chi connectivity index (χ1) is 14.6. The fourth-order valence-electron chi connectivity index (χ4n) is 2.76. The van der Waals surface area contributed by atoms with E-state index in [0.29, 0.717) is 11.4 Å². The summed E-state index contributed by atoms with van der Waals surface area (Å²) in [5, 5.41) is 16.6. The van der Waals surface area contributed by atoms with Crippen molar-refractivity contribution in [2.45, 2.75) is 32.7 Å². The molecule has 0 aliphatic carbocycles. The third kappa shape index (κ3) is 3.19. The molecule has 1 aromatic carbocycles. The van der Waals surface area contributed by atoms with E-state index in [4.69, 9.17) is 8.85 Å². The summed E-state index contributed by atoms with van der Waals surface area (Å²) in [5.74, 6) is 0.286. The monoisotopic (exact) mass is 384 g/mol. The quantitative estimate of drug-likeness (QED) is 0.538. The molecule has 0 spiro atoms. The minimum Gasteiger partial charge on any atom is -0.468 e. The summed E-state index contributed by atoms with van der Waals surface area (Å²) in [6.07, 6.45) is 1.39. The predicted molar refractivity (Wildman–Crippen MR) is 100 cm³/mol. The highest BCUT2D eigenvalue weighted by atomic mass is 19.1. The highest BCUT2D eigenvalue weighted by molar-refractivity contribution is 5.60. The summed E-state index contributed by atoms with van der Waals surface area (Å²) in [7, 11) is 1.71. The van der Waals surface area contributed by atoms with Crippen LogP contribution in [0, 0.1) is 5.82 Å². The van der Waals surface area contributed by atoms with E-state index in [-0.39, 0.29) is 29.5 Å². The lowest BCUT2D eigenvalue weighted by atomic mass is 9.88. The van der Waals surface area contributed by atoms with Gasteiger partial charge < -0.3 is 4.74 Å². The second kappa shape index (κ2) is 6.66. The molecule has 0 atom stereocenters. The number of halogens is 1. The molecule has 9 heteroatoms. The van der Waals surface area contributed by atoms with Crippen molar-refractivity contribution in [1.29, 1.82) is 0 Å². The fourth-order valence-corrected chi connectivity index (χ4v) is 2.76. The lowest BCUT2D eigenvalue weighted by Gasteiger charge is -2.21. The number of rotatable bonds is 4. The zero-order valence-corrected chi connectivity index (χ0v) is 15.6. The molecule has 28 heavy (non-hydrogen) atoms. The van der Waals surface area contributed by atoms with Crippen LogP contribution in [0.15, 0.2) is 36.7 Å². The van der Waals surface area contributed by atoms with Gasteiger partial charge in [0.1, 0.15) is 18.8 Å². The lowest BCUT2D eigenvalue weighted by molar-refractivity contribution is 0.266. The van der Waals surface area contributed by atoms with Crippen LogP contribution >= 0.6 is 0 Å². The van der Waals surface area contributed by atoms with Crippen LogP contribution in [0.5, 0.6) is 5.88 Å². The number of fused-ring (bicyclic) bond motifs is 1. The first kappa shape index (κ1) is 14.7. The maximum absolute atomic E-state index is 14.4. The minimum absolute atomic E-state index is 0.0102. The Labute approximate surface area is 165 Å². The Morgan fingerprint density at radius 2 is 2.07 bits per heavy atom. The molecule has 0 bridgehead atoms. The Morgan fingerprint density at radius 1 is 1.25 bits per heavy atom. The van der Waals surface area contributed by atoms with Gasteiger partial charge in [-0.05, 0) is 23.6 Å². The zero-order chi connectivity index (χ0) is 22.4. The van der Waals surface area contributed by atoms with Gasteiger partial charge in [-0.3, -0.25) is 4.68 Å². The van der Waals surface area contributed by atoms with Gasteiger partial charge in [0, 0.05) is 16.7 Å². The molecule has 0 unspecified atom stereocenters. The third-order valence-electron chi connectivity index (χ3n) is 4.29. The topological polar surface area (TPSA) is 83.0 Å². The van der Waals surface area contributed by atoms with E-state index >= 15 is 0 Å². The summed E-state index contributed by atoms with van der Waals surface area (Å²) in [4.78, 5) is 4.11. The van der Waals surface area contributed by atoms with Crippen LogP contribution in [0.3, 0.4) is 0 Å². The van der Waals surface area contributed by atoms with Gasteiger partial charge >= 0.3 is 0 Å². The molecule has 3 heterocycles. The zero-order valence-electron chi connectivity index (χ0n) is 18.6. The van der Waals surface area contributed by atoms with Crippen LogP contribution in [0.2, 0.25) is 0 Å². The van der Waals surface area contributed by atoms with Gasteiger partial charge in [0.2, 0.25) is 5.88 Å². The van der Waals surface area contributed by atoms with Crippen molar-refractivity contribution in [3.8, 4) is 17.3 Å². The van der Waals surface area contributed by atoms with Crippen LogP contribution in [0.1, 0.15) is 36.2 Å². The van der Waals surface area contributed by atoms with Gasteiger partial charge in [0.05, 0.1) is 5.56 Å². The van der Waals surface area contributed by atoms with Crippen molar-refractivity contribution in [3.05, 3.63) is 53.9 Å². The molecule has 8 nitrogen and oxygen atoms in total. The third-order valence-corrected chi connectivity index (χ3v) is 4.29. The molecule has 144 valence electrons. The number of benzene rings is 1. The number of aryl methyl sites for hydroxylation is 1. The van der Waals surface area contributed by atoms with E-state index in [0.717, 1.165) is 0 Å². The normalized spacial score (nSPS) is 13.9. The van der Waals surface area contributed by atoms with Crippen molar-refractivity contribution in [1.82, 2.24) is 34.6 Å². The Morgan fingerprint density at radius 3 is 2.79 bits per heavy atom. The summed E-state index contributed by atoms with van der Waals surface area (Å²) < 4.78 is 47.1. The van der Waals surface area contributed by atoms with Crippen molar-refractivity contribution in [2.24, 2.45) is 7.05 Å². The molecule has 3 aromatic heterocycles. The van der Waals surface area contributed by atoms with E-state index in [2.05, 4.69) is 25.4 Å². The van der Waals surface area contributed by atoms with Gasteiger partial charge in [-0.2, -0.15) is 9.61 Å². The molecule has 0 aliphatic rings. The van der Waals surface area contributed by atoms with Gasteiger partial charge in [-0.25, -0.2) is 9.37 Å².